The Morgan fingerprint density at radius 1 is 1.32 bits per heavy atom. The van der Waals surface area contributed by atoms with Crippen molar-refractivity contribution in [3.8, 4) is 5.69 Å². The van der Waals surface area contributed by atoms with E-state index in [1.54, 1.807) is 54.4 Å². The number of nitrogens with zero attached hydrogens (tertiary/aromatic N) is 4. The van der Waals surface area contributed by atoms with Crippen molar-refractivity contribution in [1.82, 2.24) is 19.6 Å². The standard InChI is InChI=1S/C20H22BrFN4O2/c1-14(27)24(2)17-7-9-25(10-8-17)20(28)6-4-15-3-5-19(18(22)11-15)26-13-16(21)12-23-26/h3-6,11-13,17H,7-10H2,1-2H3/b6-4+. The number of aromatic nitrogens is 2. The minimum absolute atomic E-state index is 0.0395. The second-order valence-corrected chi connectivity index (χ2v) is 7.75. The number of carbonyl (C=O) groups is 2. The fourth-order valence-electron chi connectivity index (χ4n) is 3.25. The summed E-state index contributed by atoms with van der Waals surface area (Å²) < 4.78 is 16.6. The molecule has 2 amide bonds. The average Bonchev–Trinajstić information content (AvgIpc) is 3.11. The lowest BCUT2D eigenvalue weighted by atomic mass is 10.0. The van der Waals surface area contributed by atoms with Crippen molar-refractivity contribution in [3.05, 3.63) is 52.5 Å². The van der Waals surface area contributed by atoms with Crippen LogP contribution >= 0.6 is 15.9 Å². The first-order chi connectivity index (χ1) is 13.3. The van der Waals surface area contributed by atoms with Gasteiger partial charge in [0.25, 0.3) is 0 Å². The Hall–Kier alpha value is -2.48. The molecule has 0 unspecified atom stereocenters. The number of rotatable bonds is 4. The number of halogens is 2. The van der Waals surface area contributed by atoms with Crippen molar-refractivity contribution in [2.45, 2.75) is 25.8 Å². The molecule has 0 radical (unpaired) electrons. The van der Waals surface area contributed by atoms with E-state index in [-0.39, 0.29) is 17.9 Å². The summed E-state index contributed by atoms with van der Waals surface area (Å²) in [6.45, 7) is 2.76. The summed E-state index contributed by atoms with van der Waals surface area (Å²) in [7, 11) is 1.80. The molecule has 6 nitrogen and oxygen atoms in total. The molecule has 1 fully saturated rings. The zero-order valence-corrected chi connectivity index (χ0v) is 17.4. The van der Waals surface area contributed by atoms with E-state index in [0.29, 0.717) is 24.3 Å². The fraction of sp³-hybridized carbons (Fsp3) is 0.350. The molecule has 1 aromatic carbocycles. The van der Waals surface area contributed by atoms with Gasteiger partial charge in [0.15, 0.2) is 0 Å². The normalized spacial score (nSPS) is 15.2. The molecule has 1 saturated heterocycles. The molecule has 0 aliphatic carbocycles. The second kappa shape index (κ2) is 8.68. The minimum Gasteiger partial charge on any atom is -0.343 e. The van der Waals surface area contributed by atoms with Crippen LogP contribution in [0.2, 0.25) is 0 Å². The van der Waals surface area contributed by atoms with Crippen molar-refractivity contribution in [2.75, 3.05) is 20.1 Å². The van der Waals surface area contributed by atoms with Gasteiger partial charge in [-0.25, -0.2) is 9.07 Å². The molecule has 0 N–H and O–H groups in total. The van der Waals surface area contributed by atoms with Gasteiger partial charge in [-0.05, 0) is 52.5 Å². The highest BCUT2D eigenvalue weighted by Crippen LogP contribution is 2.19. The SMILES string of the molecule is CC(=O)N(C)C1CCN(C(=O)/C=C/c2ccc(-n3cc(Br)cn3)c(F)c2)CC1. The lowest BCUT2D eigenvalue weighted by Gasteiger charge is -2.36. The van der Waals surface area contributed by atoms with Crippen molar-refractivity contribution in [3.63, 3.8) is 0 Å². The Morgan fingerprint density at radius 3 is 2.61 bits per heavy atom. The van der Waals surface area contributed by atoms with Crippen molar-refractivity contribution >= 4 is 33.8 Å². The van der Waals surface area contributed by atoms with Gasteiger partial charge in [-0.15, -0.1) is 0 Å². The molecule has 148 valence electrons. The number of amides is 2. The smallest absolute Gasteiger partial charge is 0.246 e. The monoisotopic (exact) mass is 448 g/mol. The van der Waals surface area contributed by atoms with Gasteiger partial charge in [0.1, 0.15) is 11.5 Å². The van der Waals surface area contributed by atoms with Crippen LogP contribution in [-0.4, -0.2) is 57.6 Å². The van der Waals surface area contributed by atoms with E-state index in [4.69, 9.17) is 0 Å². The third-order valence-corrected chi connectivity index (χ3v) is 5.42. The third-order valence-electron chi connectivity index (χ3n) is 5.01. The summed E-state index contributed by atoms with van der Waals surface area (Å²) in [5, 5.41) is 4.07. The van der Waals surface area contributed by atoms with Gasteiger partial charge in [-0.3, -0.25) is 9.59 Å². The molecule has 1 aromatic heterocycles. The second-order valence-electron chi connectivity index (χ2n) is 6.83. The van der Waals surface area contributed by atoms with E-state index in [1.807, 2.05) is 0 Å². The van der Waals surface area contributed by atoms with Crippen molar-refractivity contribution < 1.29 is 14.0 Å². The molecular weight excluding hydrogens is 427 g/mol. The lowest BCUT2D eigenvalue weighted by molar-refractivity contribution is -0.132. The highest BCUT2D eigenvalue weighted by atomic mass is 79.9. The predicted octanol–water partition coefficient (Wildman–Crippen LogP) is 3.26. The van der Waals surface area contributed by atoms with Crippen molar-refractivity contribution in [1.29, 1.82) is 0 Å². The minimum atomic E-state index is -0.418. The van der Waals surface area contributed by atoms with Crippen molar-refractivity contribution in [2.24, 2.45) is 0 Å². The molecule has 1 aliphatic rings. The summed E-state index contributed by atoms with van der Waals surface area (Å²) in [6.07, 6.45) is 7.86. The largest absolute Gasteiger partial charge is 0.343 e. The Bertz CT molecular complexity index is 903. The molecule has 0 bridgehead atoms. The Morgan fingerprint density at radius 2 is 2.04 bits per heavy atom. The molecule has 0 saturated carbocycles. The van der Waals surface area contributed by atoms with Gasteiger partial charge in [0, 0.05) is 45.4 Å². The summed E-state index contributed by atoms with van der Waals surface area (Å²) >= 11 is 3.29. The van der Waals surface area contributed by atoms with Crippen LogP contribution in [0.4, 0.5) is 4.39 Å². The number of piperidine rings is 1. The lowest BCUT2D eigenvalue weighted by Crippen LogP contribution is -2.46. The Labute approximate surface area is 171 Å². The first-order valence-corrected chi connectivity index (χ1v) is 9.85. The summed E-state index contributed by atoms with van der Waals surface area (Å²) in [5.41, 5.74) is 0.942. The van der Waals surface area contributed by atoms with Crippen LogP contribution in [0.3, 0.4) is 0 Å². The van der Waals surface area contributed by atoms with E-state index in [1.165, 1.54) is 16.8 Å². The van der Waals surface area contributed by atoms with Crippen LogP contribution in [0.5, 0.6) is 0 Å². The summed E-state index contributed by atoms with van der Waals surface area (Å²) in [5.74, 6) is -0.486. The van der Waals surface area contributed by atoms with Gasteiger partial charge in [0.05, 0.1) is 10.7 Å². The highest BCUT2D eigenvalue weighted by molar-refractivity contribution is 9.10. The Balaban J connectivity index is 1.60. The molecule has 8 heteroatoms. The number of hydrogen-bond acceptors (Lipinski definition) is 3. The molecule has 0 spiro atoms. The van der Waals surface area contributed by atoms with Gasteiger partial charge < -0.3 is 9.80 Å². The van der Waals surface area contributed by atoms with Crippen LogP contribution in [0.25, 0.3) is 11.8 Å². The molecule has 0 atom stereocenters. The van der Waals surface area contributed by atoms with E-state index < -0.39 is 5.82 Å². The van der Waals surface area contributed by atoms with E-state index in [0.717, 1.165) is 17.3 Å². The Kier molecular flexibility index (Phi) is 6.28. The van der Waals surface area contributed by atoms with Crippen LogP contribution < -0.4 is 0 Å². The summed E-state index contributed by atoms with van der Waals surface area (Å²) in [6, 6.07) is 4.92. The molecule has 3 rings (SSSR count). The molecule has 1 aliphatic heterocycles. The number of carbonyl (C=O) groups excluding carboxylic acids is 2. The first-order valence-electron chi connectivity index (χ1n) is 9.05. The van der Waals surface area contributed by atoms with Crippen LogP contribution in [-0.2, 0) is 9.59 Å². The highest BCUT2D eigenvalue weighted by Gasteiger charge is 2.25. The zero-order chi connectivity index (χ0) is 20.3. The van der Waals surface area contributed by atoms with Gasteiger partial charge >= 0.3 is 0 Å². The topological polar surface area (TPSA) is 58.4 Å². The summed E-state index contributed by atoms with van der Waals surface area (Å²) in [4.78, 5) is 27.4. The quantitative estimate of drug-likeness (QED) is 0.674. The van der Waals surface area contributed by atoms with Crippen LogP contribution in [0, 0.1) is 5.82 Å². The number of likely N-dealkylation sites (tertiary alicyclic amines) is 1. The van der Waals surface area contributed by atoms with Crippen LogP contribution in [0.1, 0.15) is 25.3 Å². The third kappa shape index (κ3) is 4.67. The first kappa shape index (κ1) is 20.3. The van der Waals surface area contributed by atoms with Crippen LogP contribution in [0.15, 0.2) is 41.1 Å². The number of hydrogen-bond donors (Lipinski definition) is 0. The van der Waals surface area contributed by atoms with Gasteiger partial charge in [-0.2, -0.15) is 5.10 Å². The van der Waals surface area contributed by atoms with E-state index in [9.17, 15) is 14.0 Å². The van der Waals surface area contributed by atoms with E-state index in [2.05, 4.69) is 21.0 Å². The van der Waals surface area contributed by atoms with Gasteiger partial charge in [0.2, 0.25) is 11.8 Å². The zero-order valence-electron chi connectivity index (χ0n) is 15.8. The molecule has 2 heterocycles. The fourth-order valence-corrected chi connectivity index (χ4v) is 3.53. The average molecular weight is 449 g/mol. The maximum Gasteiger partial charge on any atom is 0.246 e. The molecule has 28 heavy (non-hydrogen) atoms. The maximum atomic E-state index is 14.4. The molecule has 2 aromatic rings. The maximum absolute atomic E-state index is 14.4. The predicted molar refractivity (Wildman–Crippen MR) is 108 cm³/mol. The molecular formula is C20H22BrFN4O2. The van der Waals surface area contributed by atoms with E-state index >= 15 is 0 Å². The number of benzene rings is 1. The van der Waals surface area contributed by atoms with Gasteiger partial charge in [-0.1, -0.05) is 6.07 Å².